The average molecular weight is 316 g/mol. The van der Waals surface area contributed by atoms with Crippen LogP contribution in [0.5, 0.6) is 5.75 Å². The summed E-state index contributed by atoms with van der Waals surface area (Å²) in [5.74, 6) is -2.30. The topological polar surface area (TPSA) is 69.6 Å². The SMILES string of the molecule is Cc1ccc(O)c(NC(=O)C2CC(=O)N(CC(F)(F)F)C2)c1. The molecule has 0 spiro atoms. The maximum atomic E-state index is 12.3. The highest BCUT2D eigenvalue weighted by Gasteiger charge is 2.40. The van der Waals surface area contributed by atoms with Crippen LogP contribution in [0.2, 0.25) is 0 Å². The second-order valence-corrected chi connectivity index (χ2v) is 5.30. The summed E-state index contributed by atoms with van der Waals surface area (Å²) >= 11 is 0. The summed E-state index contributed by atoms with van der Waals surface area (Å²) in [6, 6.07) is 4.59. The van der Waals surface area contributed by atoms with Crippen LogP contribution in [0.3, 0.4) is 0 Å². The van der Waals surface area contributed by atoms with Crippen LogP contribution < -0.4 is 5.32 Å². The van der Waals surface area contributed by atoms with E-state index in [1.807, 2.05) is 0 Å². The summed E-state index contributed by atoms with van der Waals surface area (Å²) in [6.45, 7) is 0.126. The van der Waals surface area contributed by atoms with Gasteiger partial charge in [-0.2, -0.15) is 13.2 Å². The Bertz CT molecular complexity index is 601. The molecule has 1 fully saturated rings. The first-order valence-electron chi connectivity index (χ1n) is 6.61. The van der Waals surface area contributed by atoms with Gasteiger partial charge in [-0.1, -0.05) is 6.07 Å². The van der Waals surface area contributed by atoms with Gasteiger partial charge in [-0.15, -0.1) is 0 Å². The van der Waals surface area contributed by atoms with Crippen molar-refractivity contribution < 1.29 is 27.9 Å². The zero-order chi connectivity index (χ0) is 16.5. The number of alkyl halides is 3. The van der Waals surface area contributed by atoms with Gasteiger partial charge in [0.2, 0.25) is 11.8 Å². The Morgan fingerprint density at radius 3 is 2.77 bits per heavy atom. The number of hydrogen-bond donors (Lipinski definition) is 2. The van der Waals surface area contributed by atoms with Gasteiger partial charge in [0.25, 0.3) is 0 Å². The van der Waals surface area contributed by atoms with Gasteiger partial charge >= 0.3 is 6.18 Å². The first-order valence-corrected chi connectivity index (χ1v) is 6.61. The van der Waals surface area contributed by atoms with Crippen molar-refractivity contribution in [1.29, 1.82) is 0 Å². The molecule has 1 aromatic rings. The van der Waals surface area contributed by atoms with E-state index in [9.17, 15) is 27.9 Å². The fraction of sp³-hybridized carbons (Fsp3) is 0.429. The Hall–Kier alpha value is -2.25. The van der Waals surface area contributed by atoms with Crippen molar-refractivity contribution in [3.8, 4) is 5.75 Å². The minimum Gasteiger partial charge on any atom is -0.506 e. The maximum Gasteiger partial charge on any atom is 0.406 e. The Morgan fingerprint density at radius 1 is 1.45 bits per heavy atom. The van der Waals surface area contributed by atoms with Crippen molar-refractivity contribution in [2.24, 2.45) is 5.92 Å². The Kier molecular flexibility index (Phi) is 4.30. The number of rotatable bonds is 3. The molecule has 2 N–H and O–H groups in total. The van der Waals surface area contributed by atoms with Gasteiger partial charge in [-0.25, -0.2) is 0 Å². The smallest absolute Gasteiger partial charge is 0.406 e. The molecule has 22 heavy (non-hydrogen) atoms. The lowest BCUT2D eigenvalue weighted by atomic mass is 10.1. The Morgan fingerprint density at radius 2 is 2.14 bits per heavy atom. The van der Waals surface area contributed by atoms with E-state index in [4.69, 9.17) is 0 Å². The molecule has 1 aliphatic rings. The Labute approximate surface area is 124 Å². The van der Waals surface area contributed by atoms with Crippen LogP contribution in [-0.4, -0.2) is 41.1 Å². The molecule has 0 bridgehead atoms. The number of likely N-dealkylation sites (tertiary alicyclic amines) is 1. The van der Waals surface area contributed by atoms with E-state index in [0.717, 1.165) is 5.56 Å². The van der Waals surface area contributed by atoms with Crippen LogP contribution in [0.4, 0.5) is 18.9 Å². The second kappa shape index (κ2) is 5.86. The van der Waals surface area contributed by atoms with Crippen LogP contribution in [0.15, 0.2) is 18.2 Å². The fourth-order valence-electron chi connectivity index (χ4n) is 2.30. The number of benzene rings is 1. The molecule has 0 radical (unpaired) electrons. The molecular weight excluding hydrogens is 301 g/mol. The molecule has 0 aromatic heterocycles. The molecule has 1 saturated heterocycles. The molecule has 1 aromatic carbocycles. The molecule has 120 valence electrons. The first-order chi connectivity index (χ1) is 10.2. The van der Waals surface area contributed by atoms with Crippen LogP contribution in [-0.2, 0) is 9.59 Å². The molecule has 8 heteroatoms. The van der Waals surface area contributed by atoms with Gasteiger partial charge in [0.05, 0.1) is 11.6 Å². The number of anilines is 1. The average Bonchev–Trinajstić information content (AvgIpc) is 2.73. The largest absolute Gasteiger partial charge is 0.506 e. The third kappa shape index (κ3) is 3.90. The number of aromatic hydroxyl groups is 1. The van der Waals surface area contributed by atoms with Gasteiger partial charge in [-0.3, -0.25) is 9.59 Å². The minimum atomic E-state index is -4.49. The van der Waals surface area contributed by atoms with Gasteiger partial charge in [-0.05, 0) is 24.6 Å². The van der Waals surface area contributed by atoms with Crippen molar-refractivity contribution in [2.75, 3.05) is 18.4 Å². The second-order valence-electron chi connectivity index (χ2n) is 5.30. The number of nitrogens with zero attached hydrogens (tertiary/aromatic N) is 1. The molecule has 5 nitrogen and oxygen atoms in total. The van der Waals surface area contributed by atoms with E-state index in [1.165, 1.54) is 12.1 Å². The maximum absolute atomic E-state index is 12.3. The zero-order valence-electron chi connectivity index (χ0n) is 11.8. The molecule has 1 heterocycles. The van der Waals surface area contributed by atoms with E-state index in [2.05, 4.69) is 5.32 Å². The van der Waals surface area contributed by atoms with E-state index in [0.29, 0.717) is 4.90 Å². The first kappa shape index (κ1) is 16.1. The monoisotopic (exact) mass is 316 g/mol. The van der Waals surface area contributed by atoms with Crippen molar-refractivity contribution >= 4 is 17.5 Å². The number of nitrogens with one attached hydrogen (secondary N) is 1. The highest BCUT2D eigenvalue weighted by atomic mass is 19.4. The van der Waals surface area contributed by atoms with Gasteiger partial charge in [0.1, 0.15) is 12.3 Å². The fourth-order valence-corrected chi connectivity index (χ4v) is 2.30. The molecule has 2 rings (SSSR count). The standard InChI is InChI=1S/C14H15F3N2O3/c1-8-2-3-11(20)10(4-8)18-13(22)9-5-12(21)19(6-9)7-14(15,16)17/h2-4,9,20H,5-7H2,1H3,(H,18,22). The summed E-state index contributed by atoms with van der Waals surface area (Å²) in [6.07, 6.45) is -4.76. The Balaban J connectivity index is 2.02. The normalized spacial score (nSPS) is 18.6. The molecule has 0 aliphatic carbocycles. The lowest BCUT2D eigenvalue weighted by Crippen LogP contribution is -2.36. The highest BCUT2D eigenvalue weighted by molar-refractivity contribution is 5.98. The van der Waals surface area contributed by atoms with E-state index >= 15 is 0 Å². The molecular formula is C14H15F3N2O3. The van der Waals surface area contributed by atoms with Gasteiger partial charge < -0.3 is 15.3 Å². The van der Waals surface area contributed by atoms with E-state index < -0.39 is 30.5 Å². The number of phenolic OH excluding ortho intramolecular Hbond substituents is 1. The number of hydrogen-bond acceptors (Lipinski definition) is 3. The summed E-state index contributed by atoms with van der Waals surface area (Å²) in [7, 11) is 0. The van der Waals surface area contributed by atoms with E-state index in [1.54, 1.807) is 13.0 Å². The number of carbonyl (C=O) groups excluding carboxylic acids is 2. The number of aryl methyl sites for hydroxylation is 1. The third-order valence-corrected chi connectivity index (χ3v) is 3.37. The molecule has 1 unspecified atom stereocenters. The highest BCUT2D eigenvalue weighted by Crippen LogP contribution is 2.27. The molecule has 0 saturated carbocycles. The predicted octanol–water partition coefficient (Wildman–Crippen LogP) is 2.05. The van der Waals surface area contributed by atoms with Crippen molar-refractivity contribution in [3.63, 3.8) is 0 Å². The molecule has 1 aliphatic heterocycles. The lowest BCUT2D eigenvalue weighted by molar-refractivity contribution is -0.157. The van der Waals surface area contributed by atoms with Crippen LogP contribution in [0, 0.1) is 12.8 Å². The summed E-state index contributed by atoms with van der Waals surface area (Å²) in [4.78, 5) is 24.2. The van der Waals surface area contributed by atoms with Crippen molar-refractivity contribution in [1.82, 2.24) is 4.90 Å². The van der Waals surface area contributed by atoms with E-state index in [-0.39, 0.29) is 24.4 Å². The summed E-state index contributed by atoms with van der Waals surface area (Å²) < 4.78 is 37.0. The van der Waals surface area contributed by atoms with Crippen LogP contribution in [0.1, 0.15) is 12.0 Å². The lowest BCUT2D eigenvalue weighted by Gasteiger charge is -2.18. The van der Waals surface area contributed by atoms with Crippen molar-refractivity contribution in [2.45, 2.75) is 19.5 Å². The molecule has 1 atom stereocenters. The zero-order valence-corrected chi connectivity index (χ0v) is 11.8. The van der Waals surface area contributed by atoms with Crippen LogP contribution >= 0.6 is 0 Å². The molecule has 2 amide bonds. The van der Waals surface area contributed by atoms with Crippen LogP contribution in [0.25, 0.3) is 0 Å². The predicted molar refractivity (Wildman–Crippen MR) is 72.2 cm³/mol. The third-order valence-electron chi connectivity index (χ3n) is 3.37. The number of carbonyl (C=O) groups is 2. The number of phenols is 1. The van der Waals surface area contributed by atoms with Gasteiger partial charge in [0, 0.05) is 13.0 Å². The van der Waals surface area contributed by atoms with Crippen molar-refractivity contribution in [3.05, 3.63) is 23.8 Å². The number of halogens is 3. The van der Waals surface area contributed by atoms with Gasteiger partial charge in [0.15, 0.2) is 0 Å². The summed E-state index contributed by atoms with van der Waals surface area (Å²) in [5.41, 5.74) is 0.973. The summed E-state index contributed by atoms with van der Waals surface area (Å²) in [5, 5.41) is 12.1. The number of amides is 2. The quantitative estimate of drug-likeness (QED) is 0.839. The minimum absolute atomic E-state index is 0.143.